The van der Waals surface area contributed by atoms with Crippen molar-refractivity contribution in [1.82, 2.24) is 0 Å². The molecule has 2 fully saturated rings. The zero-order chi connectivity index (χ0) is 14.8. The lowest BCUT2D eigenvalue weighted by Crippen LogP contribution is -2.60. The van der Waals surface area contributed by atoms with E-state index in [-0.39, 0.29) is 0 Å². The second-order valence-corrected chi connectivity index (χ2v) is 8.98. The third-order valence-corrected chi connectivity index (χ3v) is 6.28. The van der Waals surface area contributed by atoms with Gasteiger partial charge < -0.3 is 0 Å². The van der Waals surface area contributed by atoms with Crippen LogP contribution in [0.5, 0.6) is 0 Å². The maximum atomic E-state index is 2.46. The summed E-state index contributed by atoms with van der Waals surface area (Å²) in [5.74, 6) is 0.749. The first kappa shape index (κ1) is 14.2. The number of hydrogen-bond acceptors (Lipinski definition) is 0. The lowest BCUT2D eigenvalue weighted by Gasteiger charge is -2.68. The Morgan fingerprint density at radius 3 is 1.95 bits per heavy atom. The van der Waals surface area contributed by atoms with Gasteiger partial charge in [-0.3, -0.25) is 0 Å². The Hall–Kier alpha value is -0.780. The van der Waals surface area contributed by atoms with E-state index in [2.05, 4.69) is 59.7 Å². The minimum atomic E-state index is 0.453. The van der Waals surface area contributed by atoms with Crippen molar-refractivity contribution >= 4 is 0 Å². The summed E-state index contributed by atoms with van der Waals surface area (Å²) >= 11 is 0. The normalized spacial score (nSPS) is 25.4. The van der Waals surface area contributed by atoms with Crippen molar-refractivity contribution in [1.29, 1.82) is 0 Å². The number of benzene rings is 1. The van der Waals surface area contributed by atoms with Crippen LogP contribution in [-0.2, 0) is 5.41 Å². The van der Waals surface area contributed by atoms with Crippen molar-refractivity contribution in [3.63, 3.8) is 0 Å². The lowest BCUT2D eigenvalue weighted by molar-refractivity contribution is -0.138. The highest BCUT2D eigenvalue weighted by molar-refractivity contribution is 5.38. The highest BCUT2D eigenvalue weighted by Gasteiger charge is 2.63. The predicted molar refractivity (Wildman–Crippen MR) is 87.1 cm³/mol. The Morgan fingerprint density at radius 1 is 0.900 bits per heavy atom. The van der Waals surface area contributed by atoms with Crippen LogP contribution >= 0.6 is 0 Å². The summed E-state index contributed by atoms with van der Waals surface area (Å²) in [4.78, 5) is 0. The minimum Gasteiger partial charge on any atom is -0.0619 e. The van der Waals surface area contributed by atoms with Gasteiger partial charge in [-0.15, -0.1) is 0 Å². The average Bonchev–Trinajstić information content (AvgIpc) is 2.25. The summed E-state index contributed by atoms with van der Waals surface area (Å²) < 4.78 is 0. The summed E-state index contributed by atoms with van der Waals surface area (Å²) in [7, 11) is 0. The molecule has 2 aliphatic rings. The second kappa shape index (κ2) is 4.12. The summed E-state index contributed by atoms with van der Waals surface area (Å²) in [6.07, 6.45) is 5.73. The van der Waals surface area contributed by atoms with E-state index in [4.69, 9.17) is 0 Å². The summed E-state index contributed by atoms with van der Waals surface area (Å²) in [6, 6.07) is 7.19. The van der Waals surface area contributed by atoms with E-state index in [0.717, 1.165) is 5.92 Å². The Labute approximate surface area is 125 Å². The summed E-state index contributed by atoms with van der Waals surface area (Å²) in [5.41, 5.74) is 6.23. The van der Waals surface area contributed by atoms with Gasteiger partial charge in [0.2, 0.25) is 0 Å². The van der Waals surface area contributed by atoms with Crippen LogP contribution in [0.4, 0.5) is 0 Å². The van der Waals surface area contributed by atoms with Gasteiger partial charge in [0, 0.05) is 0 Å². The number of aryl methyl sites for hydroxylation is 2. The van der Waals surface area contributed by atoms with Crippen molar-refractivity contribution in [2.75, 3.05) is 0 Å². The van der Waals surface area contributed by atoms with Crippen molar-refractivity contribution in [2.45, 2.75) is 72.6 Å². The molecule has 0 heteroatoms. The van der Waals surface area contributed by atoms with Crippen LogP contribution in [0.25, 0.3) is 0 Å². The SMILES string of the molecule is Cc1ccc(C2(C(C)C)CC3(CC(C)(C)C3)C2)cc1C. The molecule has 0 N–H and O–H groups in total. The fraction of sp³-hybridized carbons (Fsp3) is 0.700. The van der Waals surface area contributed by atoms with Gasteiger partial charge in [0.05, 0.1) is 0 Å². The lowest BCUT2D eigenvalue weighted by atomic mass is 9.36. The molecule has 2 aliphatic carbocycles. The highest BCUT2D eigenvalue weighted by Crippen LogP contribution is 2.72. The molecule has 0 unspecified atom stereocenters. The molecule has 0 amide bonds. The van der Waals surface area contributed by atoms with Gasteiger partial charge in [-0.1, -0.05) is 45.9 Å². The molecular formula is C20H30. The fourth-order valence-electron chi connectivity index (χ4n) is 5.51. The van der Waals surface area contributed by atoms with Crippen LogP contribution < -0.4 is 0 Å². The second-order valence-electron chi connectivity index (χ2n) is 8.98. The maximum absolute atomic E-state index is 2.46. The molecule has 0 heterocycles. The third kappa shape index (κ3) is 1.95. The zero-order valence-electron chi connectivity index (χ0n) is 14.1. The number of rotatable bonds is 2. The quantitative estimate of drug-likeness (QED) is 0.637. The molecule has 2 saturated carbocycles. The van der Waals surface area contributed by atoms with Gasteiger partial charge in [-0.05, 0) is 78.4 Å². The van der Waals surface area contributed by atoms with Crippen molar-refractivity contribution < 1.29 is 0 Å². The first-order chi connectivity index (χ1) is 9.18. The van der Waals surface area contributed by atoms with Crippen molar-refractivity contribution in [3.05, 3.63) is 34.9 Å². The van der Waals surface area contributed by atoms with Gasteiger partial charge in [-0.2, -0.15) is 0 Å². The average molecular weight is 270 g/mol. The summed E-state index contributed by atoms with van der Waals surface area (Å²) in [5, 5.41) is 0. The molecule has 20 heavy (non-hydrogen) atoms. The van der Waals surface area contributed by atoms with Gasteiger partial charge >= 0.3 is 0 Å². The molecule has 0 nitrogen and oxygen atoms in total. The van der Waals surface area contributed by atoms with Crippen LogP contribution in [0.2, 0.25) is 0 Å². The molecular weight excluding hydrogens is 240 g/mol. The summed E-state index contributed by atoms with van der Waals surface area (Å²) in [6.45, 7) is 14.2. The monoisotopic (exact) mass is 270 g/mol. The molecule has 0 radical (unpaired) electrons. The first-order valence-corrected chi connectivity index (χ1v) is 8.26. The molecule has 0 aliphatic heterocycles. The third-order valence-electron chi connectivity index (χ3n) is 6.28. The molecule has 0 atom stereocenters. The maximum Gasteiger partial charge on any atom is -0.00133 e. The predicted octanol–water partition coefficient (Wildman–Crippen LogP) is 5.80. The smallest absolute Gasteiger partial charge is 0.00133 e. The first-order valence-electron chi connectivity index (χ1n) is 8.26. The Bertz CT molecular complexity index is 517. The van der Waals surface area contributed by atoms with E-state index in [9.17, 15) is 0 Å². The topological polar surface area (TPSA) is 0 Å². The largest absolute Gasteiger partial charge is 0.0619 e. The van der Waals surface area contributed by atoms with Crippen LogP contribution in [-0.4, -0.2) is 0 Å². The zero-order valence-corrected chi connectivity index (χ0v) is 14.1. The van der Waals surface area contributed by atoms with Gasteiger partial charge in [0.1, 0.15) is 0 Å². The highest BCUT2D eigenvalue weighted by atomic mass is 14.7. The molecule has 0 bridgehead atoms. The van der Waals surface area contributed by atoms with E-state index in [1.807, 2.05) is 0 Å². The van der Waals surface area contributed by atoms with Crippen LogP contribution in [0.15, 0.2) is 18.2 Å². The van der Waals surface area contributed by atoms with Gasteiger partial charge in [0.15, 0.2) is 0 Å². The van der Waals surface area contributed by atoms with Crippen molar-refractivity contribution in [2.24, 2.45) is 16.7 Å². The molecule has 1 spiro atoms. The van der Waals surface area contributed by atoms with Gasteiger partial charge in [-0.25, -0.2) is 0 Å². The van der Waals surface area contributed by atoms with E-state index in [0.29, 0.717) is 16.2 Å². The van der Waals surface area contributed by atoms with Crippen LogP contribution in [0.3, 0.4) is 0 Å². The number of hydrogen-bond donors (Lipinski definition) is 0. The molecule has 3 rings (SSSR count). The molecule has 1 aromatic carbocycles. The van der Waals surface area contributed by atoms with E-state index < -0.39 is 0 Å². The van der Waals surface area contributed by atoms with Crippen molar-refractivity contribution in [3.8, 4) is 0 Å². The Kier molecular flexibility index (Phi) is 2.92. The molecule has 1 aromatic rings. The van der Waals surface area contributed by atoms with Crippen LogP contribution in [0, 0.1) is 30.6 Å². The molecule has 0 aromatic heterocycles. The standard InChI is InChI=1S/C20H30/c1-14(2)20(17-8-7-15(3)16(4)9-17)12-19(13-20)10-18(5,6)11-19/h7-9,14H,10-13H2,1-6H3. The Balaban J connectivity index is 1.87. The van der Waals surface area contributed by atoms with E-state index >= 15 is 0 Å². The molecule has 110 valence electrons. The molecule has 0 saturated heterocycles. The van der Waals surface area contributed by atoms with E-state index in [1.54, 1.807) is 5.56 Å². The van der Waals surface area contributed by atoms with Crippen LogP contribution in [0.1, 0.15) is 70.1 Å². The minimum absolute atomic E-state index is 0.453. The van der Waals surface area contributed by atoms with Gasteiger partial charge in [0.25, 0.3) is 0 Å². The fourth-order valence-corrected chi connectivity index (χ4v) is 5.51. The Morgan fingerprint density at radius 2 is 1.50 bits per heavy atom. The van der Waals surface area contributed by atoms with E-state index in [1.165, 1.54) is 36.8 Å².